The van der Waals surface area contributed by atoms with Gasteiger partial charge in [0.2, 0.25) is 0 Å². The second kappa shape index (κ2) is 2.84. The summed E-state index contributed by atoms with van der Waals surface area (Å²) in [7, 11) is 0. The van der Waals surface area contributed by atoms with Crippen molar-refractivity contribution in [1.29, 1.82) is 5.26 Å². The second-order valence-electron chi connectivity index (χ2n) is 2.58. The molecule has 0 N–H and O–H groups in total. The minimum absolute atomic E-state index is 0.676. The molecule has 9 heavy (non-hydrogen) atoms. The molecule has 0 aliphatic carbocycles. The van der Waals surface area contributed by atoms with E-state index in [0.29, 0.717) is 5.92 Å². The van der Waals surface area contributed by atoms with Crippen LogP contribution in [0.3, 0.4) is 0 Å². The standard InChI is InChI=1S/C7H12N2/c1-2-9-5-7(6-9)3-4-8/h7H,2-3,5-6H2,1H3. The van der Waals surface area contributed by atoms with Gasteiger partial charge in [-0.3, -0.25) is 0 Å². The van der Waals surface area contributed by atoms with Gasteiger partial charge in [-0.1, -0.05) is 6.92 Å². The van der Waals surface area contributed by atoms with Crippen molar-refractivity contribution in [2.75, 3.05) is 19.6 Å². The largest absolute Gasteiger partial charge is 0.303 e. The van der Waals surface area contributed by atoms with E-state index in [2.05, 4.69) is 17.9 Å². The van der Waals surface area contributed by atoms with Crippen LogP contribution in [-0.2, 0) is 0 Å². The minimum atomic E-state index is 0.676. The quantitative estimate of drug-likeness (QED) is 0.545. The minimum Gasteiger partial charge on any atom is -0.303 e. The number of likely N-dealkylation sites (tertiary alicyclic amines) is 1. The van der Waals surface area contributed by atoms with Gasteiger partial charge in [0.15, 0.2) is 0 Å². The van der Waals surface area contributed by atoms with Crippen molar-refractivity contribution < 1.29 is 0 Å². The van der Waals surface area contributed by atoms with Crippen LogP contribution in [0.15, 0.2) is 0 Å². The van der Waals surface area contributed by atoms with Gasteiger partial charge in [-0.15, -0.1) is 0 Å². The number of hydrogen-bond acceptors (Lipinski definition) is 2. The zero-order valence-corrected chi connectivity index (χ0v) is 5.80. The average molecular weight is 124 g/mol. The third-order valence-corrected chi connectivity index (χ3v) is 1.86. The lowest BCUT2D eigenvalue weighted by molar-refractivity contribution is 0.111. The van der Waals surface area contributed by atoms with Crippen LogP contribution in [0.1, 0.15) is 13.3 Å². The van der Waals surface area contributed by atoms with Crippen molar-refractivity contribution >= 4 is 0 Å². The van der Waals surface area contributed by atoms with E-state index in [1.165, 1.54) is 0 Å². The van der Waals surface area contributed by atoms with Crippen molar-refractivity contribution in [1.82, 2.24) is 4.90 Å². The molecule has 1 aliphatic heterocycles. The van der Waals surface area contributed by atoms with Crippen molar-refractivity contribution in [3.05, 3.63) is 0 Å². The van der Waals surface area contributed by atoms with Crippen LogP contribution in [-0.4, -0.2) is 24.5 Å². The van der Waals surface area contributed by atoms with Crippen LogP contribution in [0.5, 0.6) is 0 Å². The first-order chi connectivity index (χ1) is 4.36. The second-order valence-corrected chi connectivity index (χ2v) is 2.58. The van der Waals surface area contributed by atoms with Crippen molar-refractivity contribution in [2.45, 2.75) is 13.3 Å². The molecule has 1 heterocycles. The molecule has 2 heteroatoms. The Kier molecular flexibility index (Phi) is 2.07. The molecule has 0 bridgehead atoms. The summed E-state index contributed by atoms with van der Waals surface area (Å²) < 4.78 is 0. The van der Waals surface area contributed by atoms with E-state index in [4.69, 9.17) is 5.26 Å². The molecule has 0 unspecified atom stereocenters. The Morgan fingerprint density at radius 2 is 2.33 bits per heavy atom. The highest BCUT2D eigenvalue weighted by molar-refractivity contribution is 4.86. The first-order valence-corrected chi connectivity index (χ1v) is 3.46. The summed E-state index contributed by atoms with van der Waals surface area (Å²) in [5, 5.41) is 8.29. The van der Waals surface area contributed by atoms with E-state index in [9.17, 15) is 0 Å². The molecule has 1 fully saturated rings. The molecule has 1 aliphatic rings. The Hall–Kier alpha value is -0.550. The Morgan fingerprint density at radius 3 is 2.78 bits per heavy atom. The first-order valence-electron chi connectivity index (χ1n) is 3.46. The molecule has 2 nitrogen and oxygen atoms in total. The van der Waals surface area contributed by atoms with E-state index in [0.717, 1.165) is 26.1 Å². The van der Waals surface area contributed by atoms with Crippen LogP contribution in [0.2, 0.25) is 0 Å². The van der Waals surface area contributed by atoms with E-state index in [1.807, 2.05) is 0 Å². The fourth-order valence-corrected chi connectivity index (χ4v) is 1.19. The van der Waals surface area contributed by atoms with Gasteiger partial charge in [-0.05, 0) is 12.5 Å². The topological polar surface area (TPSA) is 27.0 Å². The van der Waals surface area contributed by atoms with Gasteiger partial charge in [-0.2, -0.15) is 5.26 Å². The third-order valence-electron chi connectivity index (χ3n) is 1.86. The summed E-state index contributed by atoms with van der Waals surface area (Å²) in [5.74, 6) is 0.676. The van der Waals surface area contributed by atoms with Gasteiger partial charge in [0, 0.05) is 19.5 Å². The molecule has 0 radical (unpaired) electrons. The van der Waals surface area contributed by atoms with Crippen LogP contribution in [0.4, 0.5) is 0 Å². The lowest BCUT2D eigenvalue weighted by Gasteiger charge is -2.37. The van der Waals surface area contributed by atoms with Gasteiger partial charge >= 0.3 is 0 Å². The maximum Gasteiger partial charge on any atom is 0.0625 e. The number of nitrogens with zero attached hydrogens (tertiary/aromatic N) is 2. The molecular weight excluding hydrogens is 112 g/mol. The maximum absolute atomic E-state index is 8.29. The van der Waals surface area contributed by atoms with Crippen LogP contribution in [0, 0.1) is 17.2 Å². The fourth-order valence-electron chi connectivity index (χ4n) is 1.19. The molecular formula is C7H12N2. The van der Waals surface area contributed by atoms with Crippen LogP contribution < -0.4 is 0 Å². The maximum atomic E-state index is 8.29. The zero-order chi connectivity index (χ0) is 6.69. The third kappa shape index (κ3) is 1.43. The number of rotatable bonds is 2. The van der Waals surface area contributed by atoms with Gasteiger partial charge in [0.1, 0.15) is 0 Å². The normalized spacial score (nSPS) is 20.9. The SMILES string of the molecule is CCN1CC(CC#N)C1. The Labute approximate surface area is 56.1 Å². The Morgan fingerprint density at radius 1 is 1.67 bits per heavy atom. The lowest BCUT2D eigenvalue weighted by atomic mass is 9.97. The zero-order valence-electron chi connectivity index (χ0n) is 5.80. The van der Waals surface area contributed by atoms with Crippen molar-refractivity contribution in [2.24, 2.45) is 5.92 Å². The van der Waals surface area contributed by atoms with Crippen LogP contribution >= 0.6 is 0 Å². The molecule has 0 spiro atoms. The highest BCUT2D eigenvalue weighted by Crippen LogP contribution is 2.16. The smallest absolute Gasteiger partial charge is 0.0625 e. The Balaban J connectivity index is 2.06. The predicted octanol–water partition coefficient (Wildman–Crippen LogP) is 0.852. The molecule has 0 aromatic carbocycles. The molecule has 0 aromatic heterocycles. The molecule has 50 valence electrons. The number of nitriles is 1. The summed E-state index contributed by atoms with van der Waals surface area (Å²) >= 11 is 0. The van der Waals surface area contributed by atoms with E-state index >= 15 is 0 Å². The molecule has 0 atom stereocenters. The molecule has 1 rings (SSSR count). The summed E-state index contributed by atoms with van der Waals surface area (Å²) in [6.07, 6.45) is 0.747. The summed E-state index contributed by atoms with van der Waals surface area (Å²) in [5.41, 5.74) is 0. The van der Waals surface area contributed by atoms with E-state index < -0.39 is 0 Å². The van der Waals surface area contributed by atoms with Crippen molar-refractivity contribution in [3.8, 4) is 6.07 Å². The predicted molar refractivity (Wildman–Crippen MR) is 35.8 cm³/mol. The Bertz CT molecular complexity index is 119. The first kappa shape index (κ1) is 6.57. The highest BCUT2D eigenvalue weighted by atomic mass is 15.2. The van der Waals surface area contributed by atoms with E-state index in [-0.39, 0.29) is 0 Å². The van der Waals surface area contributed by atoms with Gasteiger partial charge in [-0.25, -0.2) is 0 Å². The summed E-state index contributed by atoms with van der Waals surface area (Å²) in [6.45, 7) is 5.58. The fraction of sp³-hybridized carbons (Fsp3) is 0.857. The highest BCUT2D eigenvalue weighted by Gasteiger charge is 2.23. The number of hydrogen-bond donors (Lipinski definition) is 0. The molecule has 0 amide bonds. The molecule has 0 aromatic rings. The summed E-state index contributed by atoms with van der Waals surface area (Å²) in [6, 6.07) is 2.19. The monoisotopic (exact) mass is 124 g/mol. The van der Waals surface area contributed by atoms with Gasteiger partial charge in [0.25, 0.3) is 0 Å². The van der Waals surface area contributed by atoms with Gasteiger partial charge < -0.3 is 4.90 Å². The molecule has 0 saturated carbocycles. The van der Waals surface area contributed by atoms with Gasteiger partial charge in [0.05, 0.1) is 6.07 Å². The lowest BCUT2D eigenvalue weighted by Crippen LogP contribution is -2.45. The average Bonchev–Trinajstić information content (AvgIpc) is 1.77. The molecule has 1 saturated heterocycles. The summed E-state index contributed by atoms with van der Waals surface area (Å²) in [4.78, 5) is 2.35. The van der Waals surface area contributed by atoms with Crippen molar-refractivity contribution in [3.63, 3.8) is 0 Å². The van der Waals surface area contributed by atoms with E-state index in [1.54, 1.807) is 0 Å². The van der Waals surface area contributed by atoms with Crippen LogP contribution in [0.25, 0.3) is 0 Å².